The van der Waals surface area contributed by atoms with Crippen LogP contribution in [0.1, 0.15) is 18.6 Å². The highest BCUT2D eigenvalue weighted by Crippen LogP contribution is 2.21. The van der Waals surface area contributed by atoms with Crippen LogP contribution in [0.25, 0.3) is 0 Å². The van der Waals surface area contributed by atoms with E-state index >= 15 is 0 Å². The fraction of sp³-hybridized carbons (Fsp3) is 0.625. The van der Waals surface area contributed by atoms with Crippen molar-refractivity contribution in [2.75, 3.05) is 10.5 Å². The number of alkyl halides is 3. The molecule has 0 aliphatic rings. The lowest BCUT2D eigenvalue weighted by molar-refractivity contribution is -0.134. The van der Waals surface area contributed by atoms with Crippen LogP contribution in [0.5, 0.6) is 0 Å². The van der Waals surface area contributed by atoms with Crippen molar-refractivity contribution in [3.8, 4) is 0 Å². The molecular formula is C8H11F3N2O3S. The second-order valence-corrected chi connectivity index (χ2v) is 5.30. The first kappa shape index (κ1) is 13.8. The van der Waals surface area contributed by atoms with Crippen LogP contribution < -0.4 is 4.72 Å². The summed E-state index contributed by atoms with van der Waals surface area (Å²) in [6.07, 6.45) is -5.97. The van der Waals surface area contributed by atoms with Gasteiger partial charge in [-0.1, -0.05) is 5.16 Å². The van der Waals surface area contributed by atoms with Gasteiger partial charge in [-0.3, -0.25) is 4.72 Å². The molecule has 0 bridgehead atoms. The predicted molar refractivity (Wildman–Crippen MR) is 53.9 cm³/mol. The van der Waals surface area contributed by atoms with Crippen LogP contribution in [-0.2, 0) is 10.0 Å². The Bertz CT molecular complexity index is 467. The fourth-order valence-electron chi connectivity index (χ4n) is 1.09. The molecule has 5 nitrogen and oxygen atoms in total. The van der Waals surface area contributed by atoms with Crippen molar-refractivity contribution in [2.45, 2.75) is 25.9 Å². The number of sulfonamides is 1. The molecule has 1 aromatic rings. The average Bonchev–Trinajstić information content (AvgIpc) is 2.47. The predicted octanol–water partition coefficient (Wildman–Crippen LogP) is 2.07. The molecule has 0 fully saturated rings. The van der Waals surface area contributed by atoms with Gasteiger partial charge in [0, 0.05) is 12.5 Å². The molecule has 1 rings (SSSR count). The molecule has 0 spiro atoms. The summed E-state index contributed by atoms with van der Waals surface area (Å²) >= 11 is 0. The van der Waals surface area contributed by atoms with Crippen molar-refractivity contribution in [1.82, 2.24) is 5.16 Å². The molecule has 0 aliphatic heterocycles. The van der Waals surface area contributed by atoms with E-state index in [9.17, 15) is 21.6 Å². The lowest BCUT2D eigenvalue weighted by Gasteiger charge is -2.06. The Kier molecular flexibility index (Phi) is 4.02. The van der Waals surface area contributed by atoms with E-state index in [0.29, 0.717) is 5.76 Å². The molecular weight excluding hydrogens is 261 g/mol. The second-order valence-electron chi connectivity index (χ2n) is 3.46. The Morgan fingerprint density at radius 1 is 1.47 bits per heavy atom. The van der Waals surface area contributed by atoms with Crippen molar-refractivity contribution < 1.29 is 26.1 Å². The summed E-state index contributed by atoms with van der Waals surface area (Å²) in [6, 6.07) is 1.33. The zero-order valence-electron chi connectivity index (χ0n) is 8.91. The van der Waals surface area contributed by atoms with Gasteiger partial charge in [-0.25, -0.2) is 8.42 Å². The second kappa shape index (κ2) is 4.94. The van der Waals surface area contributed by atoms with Gasteiger partial charge in [0.15, 0.2) is 5.82 Å². The number of nitrogens with one attached hydrogen (secondary N) is 1. The first-order chi connectivity index (χ1) is 7.68. The normalized spacial score (nSPS) is 12.7. The quantitative estimate of drug-likeness (QED) is 0.890. The lowest BCUT2D eigenvalue weighted by atomic mass is 10.3. The van der Waals surface area contributed by atoms with Gasteiger partial charge in [-0.15, -0.1) is 0 Å². The molecule has 0 aromatic carbocycles. The summed E-state index contributed by atoms with van der Waals surface area (Å²) in [5, 5.41) is 3.37. The summed E-state index contributed by atoms with van der Waals surface area (Å²) < 4.78 is 64.8. The molecule has 0 aliphatic carbocycles. The Labute approximate surface area is 96.0 Å². The van der Waals surface area contributed by atoms with Crippen LogP contribution in [0.2, 0.25) is 0 Å². The van der Waals surface area contributed by atoms with E-state index in [-0.39, 0.29) is 5.82 Å². The Hall–Kier alpha value is -1.25. The zero-order valence-corrected chi connectivity index (χ0v) is 9.73. The first-order valence-electron chi connectivity index (χ1n) is 4.68. The molecule has 0 amide bonds. The average molecular weight is 272 g/mol. The van der Waals surface area contributed by atoms with E-state index in [1.807, 2.05) is 4.72 Å². The Balaban J connectivity index is 2.47. The van der Waals surface area contributed by atoms with Gasteiger partial charge in [0.05, 0.1) is 5.75 Å². The Morgan fingerprint density at radius 2 is 2.12 bits per heavy atom. The number of anilines is 1. The van der Waals surface area contributed by atoms with E-state index in [0.717, 1.165) is 0 Å². The van der Waals surface area contributed by atoms with E-state index < -0.39 is 34.8 Å². The van der Waals surface area contributed by atoms with Crippen molar-refractivity contribution in [3.05, 3.63) is 11.8 Å². The minimum Gasteiger partial charge on any atom is -0.360 e. The number of aryl methyl sites for hydroxylation is 1. The molecule has 1 aromatic heterocycles. The van der Waals surface area contributed by atoms with E-state index in [4.69, 9.17) is 0 Å². The van der Waals surface area contributed by atoms with Gasteiger partial charge in [-0.2, -0.15) is 13.2 Å². The van der Waals surface area contributed by atoms with Gasteiger partial charge in [0.1, 0.15) is 5.76 Å². The summed E-state index contributed by atoms with van der Waals surface area (Å²) in [5.41, 5.74) is 0. The third-order valence-electron chi connectivity index (χ3n) is 1.76. The highest BCUT2D eigenvalue weighted by atomic mass is 32.2. The maximum Gasteiger partial charge on any atom is 0.389 e. The number of rotatable bonds is 5. The summed E-state index contributed by atoms with van der Waals surface area (Å²) in [6.45, 7) is 1.56. The number of hydrogen-bond donors (Lipinski definition) is 1. The van der Waals surface area contributed by atoms with Gasteiger partial charge < -0.3 is 4.52 Å². The minimum absolute atomic E-state index is 0.0329. The van der Waals surface area contributed by atoms with Crippen LogP contribution in [-0.4, -0.2) is 25.5 Å². The third kappa shape index (κ3) is 5.57. The van der Waals surface area contributed by atoms with Crippen molar-refractivity contribution >= 4 is 15.8 Å². The molecule has 0 saturated heterocycles. The molecule has 0 unspecified atom stereocenters. The van der Waals surface area contributed by atoms with Gasteiger partial charge in [0.2, 0.25) is 10.0 Å². The summed E-state index contributed by atoms with van der Waals surface area (Å²) in [7, 11) is -3.82. The van der Waals surface area contributed by atoms with Crippen LogP contribution in [0.15, 0.2) is 10.6 Å². The Morgan fingerprint density at radius 3 is 2.59 bits per heavy atom. The standard InChI is InChI=1S/C8H11F3N2O3S/c1-6-5-7(12-16-6)13-17(14,15)4-2-3-8(9,10)11/h5H,2-4H2,1H3,(H,12,13). The molecule has 17 heavy (non-hydrogen) atoms. The molecule has 98 valence electrons. The highest BCUT2D eigenvalue weighted by molar-refractivity contribution is 7.92. The van der Waals surface area contributed by atoms with Crippen LogP contribution in [0.3, 0.4) is 0 Å². The number of aromatic nitrogens is 1. The van der Waals surface area contributed by atoms with Gasteiger partial charge >= 0.3 is 6.18 Å². The first-order valence-corrected chi connectivity index (χ1v) is 6.34. The SMILES string of the molecule is Cc1cc(NS(=O)(=O)CCCC(F)(F)F)no1. The maximum atomic E-state index is 11.8. The van der Waals surface area contributed by atoms with Gasteiger partial charge in [-0.05, 0) is 13.3 Å². The topological polar surface area (TPSA) is 72.2 Å². The number of nitrogens with zero attached hydrogens (tertiary/aromatic N) is 1. The summed E-state index contributed by atoms with van der Waals surface area (Å²) in [5.74, 6) is -0.245. The van der Waals surface area contributed by atoms with Gasteiger partial charge in [0.25, 0.3) is 0 Å². The lowest BCUT2D eigenvalue weighted by Crippen LogP contribution is -2.19. The number of halogens is 3. The van der Waals surface area contributed by atoms with Crippen molar-refractivity contribution in [2.24, 2.45) is 0 Å². The summed E-state index contributed by atoms with van der Waals surface area (Å²) in [4.78, 5) is 0. The fourth-order valence-corrected chi connectivity index (χ4v) is 2.13. The molecule has 0 saturated carbocycles. The molecule has 1 N–H and O–H groups in total. The van der Waals surface area contributed by atoms with Crippen LogP contribution in [0, 0.1) is 6.92 Å². The van der Waals surface area contributed by atoms with Crippen LogP contribution in [0.4, 0.5) is 19.0 Å². The molecule has 0 radical (unpaired) electrons. The van der Waals surface area contributed by atoms with E-state index in [2.05, 4.69) is 9.68 Å². The van der Waals surface area contributed by atoms with Crippen molar-refractivity contribution in [3.63, 3.8) is 0 Å². The molecule has 1 heterocycles. The maximum absolute atomic E-state index is 11.8. The zero-order chi connectivity index (χ0) is 13.1. The third-order valence-corrected chi connectivity index (χ3v) is 3.11. The van der Waals surface area contributed by atoms with Crippen molar-refractivity contribution in [1.29, 1.82) is 0 Å². The minimum atomic E-state index is -4.35. The smallest absolute Gasteiger partial charge is 0.360 e. The molecule has 0 atom stereocenters. The molecule has 9 heteroatoms. The largest absolute Gasteiger partial charge is 0.389 e. The number of hydrogen-bond acceptors (Lipinski definition) is 4. The highest BCUT2D eigenvalue weighted by Gasteiger charge is 2.27. The van der Waals surface area contributed by atoms with E-state index in [1.165, 1.54) is 6.07 Å². The monoisotopic (exact) mass is 272 g/mol. The van der Waals surface area contributed by atoms with Crippen LogP contribution >= 0.6 is 0 Å². The van der Waals surface area contributed by atoms with E-state index in [1.54, 1.807) is 6.92 Å².